The van der Waals surface area contributed by atoms with E-state index in [4.69, 9.17) is 0 Å². The summed E-state index contributed by atoms with van der Waals surface area (Å²) in [6, 6.07) is 7.25. The first-order chi connectivity index (χ1) is 11.1. The van der Waals surface area contributed by atoms with Crippen LogP contribution in [0.25, 0.3) is 0 Å². The zero-order valence-corrected chi connectivity index (χ0v) is 14.0. The molecular weight excluding hydrogens is 291 g/mol. The molecule has 0 radical (unpaired) electrons. The maximum absolute atomic E-state index is 13.8. The van der Waals surface area contributed by atoms with E-state index in [-0.39, 0.29) is 17.8 Å². The Labute approximate surface area is 138 Å². The third-order valence-electron chi connectivity index (χ3n) is 5.43. The number of likely N-dealkylation sites (N-methyl/N-ethyl adjacent to an activating group) is 1. The van der Waals surface area contributed by atoms with Gasteiger partial charge in [0.05, 0.1) is 0 Å². The lowest BCUT2D eigenvalue weighted by molar-refractivity contribution is -0.137. The minimum absolute atomic E-state index is 0.134. The Bertz CT molecular complexity index is 542. The molecule has 0 aromatic heterocycles. The van der Waals surface area contributed by atoms with Crippen LogP contribution in [0.4, 0.5) is 4.39 Å². The Hall–Kier alpha value is -1.42. The molecule has 126 valence electrons. The molecule has 0 unspecified atom stereocenters. The molecule has 23 heavy (non-hydrogen) atoms. The second-order valence-corrected chi connectivity index (χ2v) is 7.05. The lowest BCUT2D eigenvalue weighted by Crippen LogP contribution is -2.49. The number of rotatable bonds is 4. The molecule has 0 spiro atoms. The summed E-state index contributed by atoms with van der Waals surface area (Å²) in [4.78, 5) is 16.9. The predicted molar refractivity (Wildman–Crippen MR) is 89.4 cm³/mol. The Kier molecular flexibility index (Phi) is 5.31. The van der Waals surface area contributed by atoms with Crippen molar-refractivity contribution in [2.45, 2.75) is 51.1 Å². The van der Waals surface area contributed by atoms with Crippen molar-refractivity contribution in [3.05, 3.63) is 35.6 Å². The minimum Gasteiger partial charge on any atom is -0.341 e. The van der Waals surface area contributed by atoms with Crippen LogP contribution in [0.1, 0.15) is 44.1 Å². The van der Waals surface area contributed by atoms with Gasteiger partial charge in [0.1, 0.15) is 5.82 Å². The van der Waals surface area contributed by atoms with Gasteiger partial charge in [-0.1, -0.05) is 31.0 Å². The summed E-state index contributed by atoms with van der Waals surface area (Å²) in [7, 11) is 1.96. The van der Waals surface area contributed by atoms with Crippen molar-refractivity contribution in [3.8, 4) is 0 Å². The summed E-state index contributed by atoms with van der Waals surface area (Å²) < 4.78 is 13.8. The van der Waals surface area contributed by atoms with Gasteiger partial charge in [-0.25, -0.2) is 4.39 Å². The quantitative estimate of drug-likeness (QED) is 0.849. The number of halogens is 1. The zero-order chi connectivity index (χ0) is 16.2. The van der Waals surface area contributed by atoms with E-state index in [9.17, 15) is 9.18 Å². The number of likely N-dealkylation sites (tertiary alicyclic amines) is 1. The van der Waals surface area contributed by atoms with Gasteiger partial charge >= 0.3 is 0 Å². The van der Waals surface area contributed by atoms with Crippen molar-refractivity contribution >= 4 is 5.91 Å². The normalized spacial score (nSPS) is 23.1. The highest BCUT2D eigenvalue weighted by molar-refractivity contribution is 5.79. The van der Waals surface area contributed by atoms with Crippen LogP contribution in [0, 0.1) is 11.7 Å². The zero-order valence-electron chi connectivity index (χ0n) is 14.0. The van der Waals surface area contributed by atoms with Gasteiger partial charge < -0.3 is 4.90 Å². The van der Waals surface area contributed by atoms with Crippen LogP contribution in [-0.4, -0.2) is 41.9 Å². The summed E-state index contributed by atoms with van der Waals surface area (Å²) >= 11 is 0. The SMILES string of the molecule is CN(C(=O)C1CCCC1)[C@H]1CCCN(Cc2ccccc2F)C1. The summed E-state index contributed by atoms with van der Waals surface area (Å²) in [5, 5.41) is 0. The molecule has 1 saturated carbocycles. The van der Waals surface area contributed by atoms with Gasteiger partial charge in [-0.05, 0) is 38.3 Å². The molecule has 1 heterocycles. The summed E-state index contributed by atoms with van der Waals surface area (Å²) in [5.74, 6) is 0.423. The number of hydrogen-bond acceptors (Lipinski definition) is 2. The third kappa shape index (κ3) is 3.92. The maximum Gasteiger partial charge on any atom is 0.225 e. The lowest BCUT2D eigenvalue weighted by Gasteiger charge is -2.38. The topological polar surface area (TPSA) is 23.6 Å². The fourth-order valence-corrected chi connectivity index (χ4v) is 4.00. The first-order valence-corrected chi connectivity index (χ1v) is 8.87. The molecule has 0 N–H and O–H groups in total. The molecule has 1 amide bonds. The first-order valence-electron chi connectivity index (χ1n) is 8.87. The number of carbonyl (C=O) groups excluding carboxylic acids is 1. The number of nitrogens with zero attached hydrogens (tertiary/aromatic N) is 2. The van der Waals surface area contributed by atoms with Crippen LogP contribution in [0.3, 0.4) is 0 Å². The van der Waals surface area contributed by atoms with E-state index in [1.165, 1.54) is 18.9 Å². The van der Waals surface area contributed by atoms with Crippen LogP contribution < -0.4 is 0 Å². The van der Waals surface area contributed by atoms with Gasteiger partial charge in [-0.3, -0.25) is 9.69 Å². The Morgan fingerprint density at radius 3 is 2.70 bits per heavy atom. The first kappa shape index (κ1) is 16.4. The molecule has 2 aliphatic rings. The van der Waals surface area contributed by atoms with E-state index in [0.717, 1.165) is 44.3 Å². The average molecular weight is 318 g/mol. The molecule has 1 atom stereocenters. The predicted octanol–water partition coefficient (Wildman–Crippen LogP) is 3.44. The molecule has 1 aromatic carbocycles. The molecule has 1 aromatic rings. The van der Waals surface area contributed by atoms with Crippen molar-refractivity contribution in [1.29, 1.82) is 0 Å². The number of amides is 1. The van der Waals surface area contributed by atoms with Crippen molar-refractivity contribution in [2.75, 3.05) is 20.1 Å². The van der Waals surface area contributed by atoms with Crippen molar-refractivity contribution in [1.82, 2.24) is 9.80 Å². The molecular formula is C19H27FN2O. The van der Waals surface area contributed by atoms with Crippen LogP contribution in [0.2, 0.25) is 0 Å². The average Bonchev–Trinajstić information content (AvgIpc) is 3.10. The molecule has 1 aliphatic heterocycles. The van der Waals surface area contributed by atoms with E-state index >= 15 is 0 Å². The summed E-state index contributed by atoms with van der Waals surface area (Å²) in [6.45, 7) is 2.47. The van der Waals surface area contributed by atoms with Crippen molar-refractivity contribution < 1.29 is 9.18 Å². The van der Waals surface area contributed by atoms with E-state index in [2.05, 4.69) is 4.90 Å². The van der Waals surface area contributed by atoms with Gasteiger partial charge in [-0.2, -0.15) is 0 Å². The van der Waals surface area contributed by atoms with E-state index in [1.54, 1.807) is 6.07 Å². The lowest BCUT2D eigenvalue weighted by atomic mass is 10.0. The van der Waals surface area contributed by atoms with Crippen LogP contribution >= 0.6 is 0 Å². The van der Waals surface area contributed by atoms with E-state index < -0.39 is 0 Å². The second-order valence-electron chi connectivity index (χ2n) is 7.05. The fraction of sp³-hybridized carbons (Fsp3) is 0.632. The third-order valence-corrected chi connectivity index (χ3v) is 5.43. The van der Waals surface area contributed by atoms with Gasteiger partial charge in [0, 0.05) is 37.7 Å². The second kappa shape index (κ2) is 7.43. The van der Waals surface area contributed by atoms with Crippen LogP contribution in [-0.2, 0) is 11.3 Å². The van der Waals surface area contributed by atoms with Gasteiger partial charge in [-0.15, -0.1) is 0 Å². The summed E-state index contributed by atoms with van der Waals surface area (Å²) in [6.07, 6.45) is 6.61. The highest BCUT2D eigenvalue weighted by Gasteiger charge is 2.31. The molecule has 3 rings (SSSR count). The Morgan fingerprint density at radius 2 is 1.96 bits per heavy atom. The van der Waals surface area contributed by atoms with Gasteiger partial charge in [0.2, 0.25) is 5.91 Å². The molecule has 4 heteroatoms. The molecule has 0 bridgehead atoms. The van der Waals surface area contributed by atoms with Gasteiger partial charge in [0.25, 0.3) is 0 Å². The van der Waals surface area contributed by atoms with E-state index in [1.807, 2.05) is 24.1 Å². The highest BCUT2D eigenvalue weighted by atomic mass is 19.1. The maximum atomic E-state index is 13.8. The van der Waals surface area contributed by atoms with Crippen LogP contribution in [0.5, 0.6) is 0 Å². The van der Waals surface area contributed by atoms with Crippen molar-refractivity contribution in [3.63, 3.8) is 0 Å². The fourth-order valence-electron chi connectivity index (χ4n) is 4.00. The van der Waals surface area contributed by atoms with Crippen molar-refractivity contribution in [2.24, 2.45) is 5.92 Å². The monoisotopic (exact) mass is 318 g/mol. The highest BCUT2D eigenvalue weighted by Crippen LogP contribution is 2.28. The molecule has 1 saturated heterocycles. The molecule has 3 nitrogen and oxygen atoms in total. The Morgan fingerprint density at radius 1 is 1.22 bits per heavy atom. The number of hydrogen-bond donors (Lipinski definition) is 0. The minimum atomic E-state index is -0.134. The molecule has 2 fully saturated rings. The van der Waals surface area contributed by atoms with Crippen LogP contribution in [0.15, 0.2) is 24.3 Å². The largest absolute Gasteiger partial charge is 0.341 e. The Balaban J connectivity index is 1.59. The molecule has 1 aliphatic carbocycles. The number of carbonyl (C=O) groups is 1. The smallest absolute Gasteiger partial charge is 0.225 e. The van der Waals surface area contributed by atoms with Gasteiger partial charge in [0.15, 0.2) is 0 Å². The van der Waals surface area contributed by atoms with E-state index in [0.29, 0.717) is 12.5 Å². The number of benzene rings is 1. The summed E-state index contributed by atoms with van der Waals surface area (Å²) in [5.41, 5.74) is 0.748. The standard InChI is InChI=1S/C19H27FN2O/c1-21(19(23)15-7-2-3-8-15)17-10-6-12-22(14-17)13-16-9-4-5-11-18(16)20/h4-5,9,11,15,17H,2-3,6-8,10,12-14H2,1H3/t17-/m0/s1. The number of piperidine rings is 1.